The molecule has 0 aliphatic carbocycles. The number of ether oxygens (including phenoxy) is 1. The molecule has 0 saturated carbocycles. The Kier molecular flexibility index (Phi) is 4.05. The summed E-state index contributed by atoms with van der Waals surface area (Å²) in [6, 6.07) is 21.7. The van der Waals surface area contributed by atoms with Crippen molar-refractivity contribution in [2.45, 2.75) is 6.61 Å². The molecule has 0 atom stereocenters. The van der Waals surface area contributed by atoms with E-state index in [-0.39, 0.29) is 5.75 Å². The predicted octanol–water partition coefficient (Wildman–Crippen LogP) is 4.78. The average molecular weight is 294 g/mol. The van der Waals surface area contributed by atoms with E-state index in [1.165, 1.54) is 12.1 Å². The number of aromatic hydroxyl groups is 1. The van der Waals surface area contributed by atoms with Crippen molar-refractivity contribution in [3.63, 3.8) is 0 Å². The highest BCUT2D eigenvalue weighted by atomic mass is 19.1. The van der Waals surface area contributed by atoms with Gasteiger partial charge in [0.05, 0.1) is 0 Å². The lowest BCUT2D eigenvalue weighted by Gasteiger charge is -2.09. The van der Waals surface area contributed by atoms with Crippen molar-refractivity contribution < 1.29 is 14.2 Å². The maximum absolute atomic E-state index is 13.1. The van der Waals surface area contributed by atoms with Gasteiger partial charge in [0.15, 0.2) is 11.6 Å². The quantitative estimate of drug-likeness (QED) is 0.750. The molecule has 0 radical (unpaired) electrons. The van der Waals surface area contributed by atoms with Crippen LogP contribution in [0.5, 0.6) is 11.5 Å². The van der Waals surface area contributed by atoms with E-state index in [1.54, 1.807) is 6.07 Å². The topological polar surface area (TPSA) is 29.5 Å². The average Bonchev–Trinajstić information content (AvgIpc) is 2.57. The largest absolute Gasteiger partial charge is 0.505 e. The normalized spacial score (nSPS) is 10.4. The zero-order chi connectivity index (χ0) is 15.4. The van der Waals surface area contributed by atoms with E-state index >= 15 is 0 Å². The number of hydrogen-bond donors (Lipinski definition) is 1. The summed E-state index contributed by atoms with van der Waals surface area (Å²) in [5.74, 6) is -0.251. The number of hydrogen-bond acceptors (Lipinski definition) is 2. The fourth-order valence-corrected chi connectivity index (χ4v) is 2.20. The fourth-order valence-electron chi connectivity index (χ4n) is 2.20. The van der Waals surface area contributed by atoms with Crippen molar-refractivity contribution in [2.75, 3.05) is 0 Å². The first-order valence-corrected chi connectivity index (χ1v) is 6.98. The van der Waals surface area contributed by atoms with Gasteiger partial charge >= 0.3 is 0 Å². The molecule has 3 rings (SSSR count). The molecule has 0 fully saturated rings. The third-order valence-electron chi connectivity index (χ3n) is 3.36. The fraction of sp³-hybridized carbons (Fsp3) is 0.0526. The smallest absolute Gasteiger partial charge is 0.164 e. The number of phenolic OH excluding ortho intramolecular Hbond substituents is 1. The lowest BCUT2D eigenvalue weighted by Crippen LogP contribution is -1.95. The number of rotatable bonds is 4. The summed E-state index contributed by atoms with van der Waals surface area (Å²) >= 11 is 0. The van der Waals surface area contributed by atoms with Crippen molar-refractivity contribution in [2.24, 2.45) is 0 Å². The van der Waals surface area contributed by atoms with Crippen LogP contribution in [-0.4, -0.2) is 5.11 Å². The molecule has 110 valence electrons. The molecule has 0 bridgehead atoms. The number of benzene rings is 3. The minimum atomic E-state index is -0.625. The van der Waals surface area contributed by atoms with Gasteiger partial charge in [-0.05, 0) is 41.0 Å². The molecule has 0 amide bonds. The first-order valence-electron chi connectivity index (χ1n) is 6.98. The summed E-state index contributed by atoms with van der Waals surface area (Å²) in [6.07, 6.45) is 0. The number of halogens is 1. The van der Waals surface area contributed by atoms with Crippen LogP contribution in [-0.2, 0) is 6.61 Å². The summed E-state index contributed by atoms with van der Waals surface area (Å²) in [5.41, 5.74) is 2.69. The third kappa shape index (κ3) is 3.26. The van der Waals surface area contributed by atoms with Crippen molar-refractivity contribution in [1.82, 2.24) is 0 Å². The molecule has 0 aromatic heterocycles. The Labute approximate surface area is 128 Å². The van der Waals surface area contributed by atoms with Gasteiger partial charge in [0.1, 0.15) is 12.4 Å². The van der Waals surface area contributed by atoms with E-state index in [1.807, 2.05) is 54.6 Å². The van der Waals surface area contributed by atoms with Crippen LogP contribution in [0.1, 0.15) is 5.56 Å². The van der Waals surface area contributed by atoms with E-state index in [0.717, 1.165) is 22.4 Å². The third-order valence-corrected chi connectivity index (χ3v) is 3.36. The van der Waals surface area contributed by atoms with Crippen molar-refractivity contribution in [3.05, 3.63) is 84.2 Å². The Morgan fingerprint density at radius 1 is 0.818 bits per heavy atom. The van der Waals surface area contributed by atoms with Crippen LogP contribution < -0.4 is 4.74 Å². The molecule has 22 heavy (non-hydrogen) atoms. The maximum Gasteiger partial charge on any atom is 0.164 e. The SMILES string of the molecule is Oc1cc(-c2cccc(OCc3ccccc3)c2)ccc1F. The molecular formula is C19H15FO2. The molecule has 0 aliphatic rings. The van der Waals surface area contributed by atoms with Gasteiger partial charge in [-0.15, -0.1) is 0 Å². The second kappa shape index (κ2) is 6.31. The Bertz CT molecular complexity index is 769. The minimum absolute atomic E-state index is 0.354. The van der Waals surface area contributed by atoms with E-state index in [0.29, 0.717) is 6.61 Å². The van der Waals surface area contributed by atoms with Crippen LogP contribution in [0.25, 0.3) is 11.1 Å². The summed E-state index contributed by atoms with van der Waals surface area (Å²) in [4.78, 5) is 0. The molecule has 0 unspecified atom stereocenters. The molecule has 0 saturated heterocycles. The highest BCUT2D eigenvalue weighted by molar-refractivity contribution is 5.66. The Morgan fingerprint density at radius 3 is 2.36 bits per heavy atom. The molecule has 3 heteroatoms. The van der Waals surface area contributed by atoms with Crippen molar-refractivity contribution in [1.29, 1.82) is 0 Å². The van der Waals surface area contributed by atoms with Gasteiger partial charge in [-0.1, -0.05) is 48.5 Å². The van der Waals surface area contributed by atoms with Crippen LogP contribution in [0.15, 0.2) is 72.8 Å². The monoisotopic (exact) mass is 294 g/mol. The Balaban J connectivity index is 1.79. The molecule has 2 nitrogen and oxygen atoms in total. The molecule has 1 N–H and O–H groups in total. The molecule has 0 spiro atoms. The van der Waals surface area contributed by atoms with Gasteiger partial charge in [-0.25, -0.2) is 4.39 Å². The highest BCUT2D eigenvalue weighted by Gasteiger charge is 2.05. The molecule has 3 aromatic carbocycles. The molecule has 0 heterocycles. The second-order valence-corrected chi connectivity index (χ2v) is 4.97. The molecule has 3 aromatic rings. The van der Waals surface area contributed by atoms with Gasteiger partial charge in [-0.3, -0.25) is 0 Å². The summed E-state index contributed by atoms with van der Waals surface area (Å²) in [6.45, 7) is 0.485. The summed E-state index contributed by atoms with van der Waals surface area (Å²) in [5, 5.41) is 9.48. The lowest BCUT2D eigenvalue weighted by atomic mass is 10.1. The van der Waals surface area contributed by atoms with Gasteiger partial charge in [0.2, 0.25) is 0 Å². The lowest BCUT2D eigenvalue weighted by molar-refractivity contribution is 0.306. The van der Waals surface area contributed by atoms with E-state index < -0.39 is 5.82 Å². The van der Waals surface area contributed by atoms with Gasteiger partial charge in [0.25, 0.3) is 0 Å². The Hall–Kier alpha value is -2.81. The van der Waals surface area contributed by atoms with E-state index in [9.17, 15) is 9.50 Å². The number of phenols is 1. The van der Waals surface area contributed by atoms with Crippen LogP contribution in [0, 0.1) is 5.82 Å². The summed E-state index contributed by atoms with van der Waals surface area (Å²) in [7, 11) is 0. The van der Waals surface area contributed by atoms with Crippen LogP contribution in [0.4, 0.5) is 4.39 Å². The van der Waals surface area contributed by atoms with Crippen molar-refractivity contribution in [3.8, 4) is 22.6 Å². The highest BCUT2D eigenvalue weighted by Crippen LogP contribution is 2.28. The zero-order valence-corrected chi connectivity index (χ0v) is 11.9. The van der Waals surface area contributed by atoms with Crippen LogP contribution in [0.2, 0.25) is 0 Å². The summed E-state index contributed by atoms with van der Waals surface area (Å²) < 4.78 is 18.9. The predicted molar refractivity (Wildman–Crippen MR) is 84.3 cm³/mol. The van der Waals surface area contributed by atoms with Gasteiger partial charge < -0.3 is 9.84 Å². The van der Waals surface area contributed by atoms with Crippen LogP contribution >= 0.6 is 0 Å². The van der Waals surface area contributed by atoms with Crippen molar-refractivity contribution >= 4 is 0 Å². The van der Waals surface area contributed by atoms with E-state index in [2.05, 4.69) is 0 Å². The van der Waals surface area contributed by atoms with Gasteiger partial charge in [-0.2, -0.15) is 0 Å². The molecule has 0 aliphatic heterocycles. The minimum Gasteiger partial charge on any atom is -0.505 e. The first-order chi connectivity index (χ1) is 10.7. The van der Waals surface area contributed by atoms with Crippen LogP contribution in [0.3, 0.4) is 0 Å². The van der Waals surface area contributed by atoms with Gasteiger partial charge in [0, 0.05) is 0 Å². The standard InChI is InChI=1S/C19H15FO2/c20-18-10-9-16(12-19(18)21)15-7-4-8-17(11-15)22-13-14-5-2-1-3-6-14/h1-12,21H,13H2. The maximum atomic E-state index is 13.1. The molecular weight excluding hydrogens is 279 g/mol. The first kappa shape index (κ1) is 14.1. The zero-order valence-electron chi connectivity index (χ0n) is 11.9. The van der Waals surface area contributed by atoms with E-state index in [4.69, 9.17) is 4.74 Å². The second-order valence-electron chi connectivity index (χ2n) is 4.97. The Morgan fingerprint density at radius 2 is 1.59 bits per heavy atom.